The third-order valence-corrected chi connectivity index (χ3v) is 3.15. The molecule has 1 fully saturated rings. The van der Waals surface area contributed by atoms with Gasteiger partial charge in [-0.05, 0) is 31.5 Å². The Morgan fingerprint density at radius 1 is 1.36 bits per heavy atom. The molecule has 0 atom stereocenters. The molecule has 0 bridgehead atoms. The summed E-state index contributed by atoms with van der Waals surface area (Å²) in [6.07, 6.45) is 11.5. The van der Waals surface area contributed by atoms with E-state index >= 15 is 0 Å². The first-order chi connectivity index (χ1) is 6.90. The van der Waals surface area contributed by atoms with Gasteiger partial charge < -0.3 is 9.88 Å². The van der Waals surface area contributed by atoms with Crippen LogP contribution in [0.5, 0.6) is 0 Å². The van der Waals surface area contributed by atoms with Crippen molar-refractivity contribution in [2.75, 3.05) is 7.05 Å². The van der Waals surface area contributed by atoms with Crippen LogP contribution in [0.1, 0.15) is 43.7 Å². The number of hydrogen-bond acceptors (Lipinski definition) is 1. The van der Waals surface area contributed by atoms with Gasteiger partial charge in [0.25, 0.3) is 0 Å². The van der Waals surface area contributed by atoms with E-state index in [1.165, 1.54) is 37.7 Å². The molecule has 0 aromatic carbocycles. The van der Waals surface area contributed by atoms with Crippen LogP contribution >= 0.6 is 0 Å². The SMILES string of the molecule is CNCc1ccn(C2CCCCC2)c1. The summed E-state index contributed by atoms with van der Waals surface area (Å²) < 4.78 is 2.41. The second kappa shape index (κ2) is 4.65. The lowest BCUT2D eigenvalue weighted by Crippen LogP contribution is -2.11. The maximum absolute atomic E-state index is 3.19. The highest BCUT2D eigenvalue weighted by Gasteiger charge is 2.14. The molecule has 1 aromatic heterocycles. The van der Waals surface area contributed by atoms with E-state index in [1.54, 1.807) is 0 Å². The second-order valence-corrected chi connectivity index (χ2v) is 4.29. The fraction of sp³-hybridized carbons (Fsp3) is 0.667. The maximum Gasteiger partial charge on any atom is 0.0330 e. The smallest absolute Gasteiger partial charge is 0.0330 e. The standard InChI is InChI=1S/C12H20N2/c1-13-9-11-7-8-14(10-11)12-5-3-2-4-6-12/h7-8,10,12-13H,2-6,9H2,1H3. The van der Waals surface area contributed by atoms with Crippen LogP contribution in [0.4, 0.5) is 0 Å². The van der Waals surface area contributed by atoms with Gasteiger partial charge in [-0.25, -0.2) is 0 Å². The molecule has 0 amide bonds. The largest absolute Gasteiger partial charge is 0.351 e. The van der Waals surface area contributed by atoms with Crippen LogP contribution < -0.4 is 5.32 Å². The average Bonchev–Trinajstić information content (AvgIpc) is 2.68. The summed E-state index contributed by atoms with van der Waals surface area (Å²) in [6, 6.07) is 3.00. The van der Waals surface area contributed by atoms with E-state index in [0.29, 0.717) is 0 Å². The van der Waals surface area contributed by atoms with Crippen molar-refractivity contribution in [3.63, 3.8) is 0 Å². The van der Waals surface area contributed by atoms with E-state index in [2.05, 4.69) is 28.3 Å². The second-order valence-electron chi connectivity index (χ2n) is 4.29. The first-order valence-electron chi connectivity index (χ1n) is 5.71. The lowest BCUT2D eigenvalue weighted by Gasteiger charge is -2.23. The number of rotatable bonds is 3. The first-order valence-corrected chi connectivity index (χ1v) is 5.71. The summed E-state index contributed by atoms with van der Waals surface area (Å²) in [6.45, 7) is 0.986. The third kappa shape index (κ3) is 2.18. The summed E-state index contributed by atoms with van der Waals surface area (Å²) in [4.78, 5) is 0. The van der Waals surface area contributed by atoms with Crippen LogP contribution in [0.25, 0.3) is 0 Å². The van der Waals surface area contributed by atoms with Gasteiger partial charge in [-0.3, -0.25) is 0 Å². The Kier molecular flexibility index (Phi) is 3.25. The van der Waals surface area contributed by atoms with E-state index in [0.717, 1.165) is 12.6 Å². The molecule has 1 aliphatic carbocycles. The van der Waals surface area contributed by atoms with Gasteiger partial charge in [0, 0.05) is 25.0 Å². The summed E-state index contributed by atoms with van der Waals surface area (Å²) >= 11 is 0. The molecule has 1 N–H and O–H groups in total. The Morgan fingerprint density at radius 3 is 2.86 bits per heavy atom. The fourth-order valence-electron chi connectivity index (χ4n) is 2.37. The number of nitrogens with one attached hydrogen (secondary N) is 1. The van der Waals surface area contributed by atoms with Gasteiger partial charge >= 0.3 is 0 Å². The highest BCUT2D eigenvalue weighted by molar-refractivity contribution is 5.10. The summed E-state index contributed by atoms with van der Waals surface area (Å²) in [5.74, 6) is 0. The molecule has 1 aliphatic rings. The van der Waals surface area contributed by atoms with Gasteiger partial charge in [0.05, 0.1) is 0 Å². The molecular weight excluding hydrogens is 172 g/mol. The van der Waals surface area contributed by atoms with Crippen LogP contribution in [0, 0.1) is 0 Å². The zero-order chi connectivity index (χ0) is 9.80. The Bertz CT molecular complexity index is 272. The van der Waals surface area contributed by atoms with Gasteiger partial charge in [0.1, 0.15) is 0 Å². The Morgan fingerprint density at radius 2 is 2.14 bits per heavy atom. The van der Waals surface area contributed by atoms with Gasteiger partial charge in [-0.2, -0.15) is 0 Å². The van der Waals surface area contributed by atoms with Crippen LogP contribution in [0.15, 0.2) is 18.5 Å². The summed E-state index contributed by atoms with van der Waals surface area (Å²) in [7, 11) is 2.00. The van der Waals surface area contributed by atoms with Crippen molar-refractivity contribution in [3.05, 3.63) is 24.0 Å². The van der Waals surface area contributed by atoms with Crippen molar-refractivity contribution in [1.29, 1.82) is 0 Å². The van der Waals surface area contributed by atoms with E-state index in [-0.39, 0.29) is 0 Å². The molecule has 1 saturated carbocycles. The van der Waals surface area contributed by atoms with Gasteiger partial charge in [-0.15, -0.1) is 0 Å². The summed E-state index contributed by atoms with van der Waals surface area (Å²) in [5, 5.41) is 3.19. The minimum Gasteiger partial charge on any atom is -0.351 e. The van der Waals surface area contributed by atoms with E-state index in [4.69, 9.17) is 0 Å². The van der Waals surface area contributed by atoms with E-state index in [1.807, 2.05) is 7.05 Å². The maximum atomic E-state index is 3.19. The molecule has 2 heteroatoms. The van der Waals surface area contributed by atoms with Crippen molar-refractivity contribution in [1.82, 2.24) is 9.88 Å². The van der Waals surface area contributed by atoms with Gasteiger partial charge in [-0.1, -0.05) is 19.3 Å². The van der Waals surface area contributed by atoms with Crippen molar-refractivity contribution in [2.45, 2.75) is 44.7 Å². The minimum absolute atomic E-state index is 0.773. The first kappa shape index (κ1) is 9.78. The predicted molar refractivity (Wildman–Crippen MR) is 59.3 cm³/mol. The molecule has 1 heterocycles. The lowest BCUT2D eigenvalue weighted by molar-refractivity contribution is 0.354. The van der Waals surface area contributed by atoms with Crippen molar-refractivity contribution >= 4 is 0 Å². The number of hydrogen-bond donors (Lipinski definition) is 1. The Balaban J connectivity index is 2.00. The zero-order valence-corrected chi connectivity index (χ0v) is 9.00. The number of aromatic nitrogens is 1. The van der Waals surface area contributed by atoms with E-state index < -0.39 is 0 Å². The molecular formula is C12H20N2. The van der Waals surface area contributed by atoms with Crippen LogP contribution in [0.3, 0.4) is 0 Å². The Labute approximate surface area is 86.3 Å². The molecule has 0 aliphatic heterocycles. The molecule has 0 unspecified atom stereocenters. The highest BCUT2D eigenvalue weighted by Crippen LogP contribution is 2.28. The Hall–Kier alpha value is -0.760. The molecule has 2 rings (SSSR count). The normalized spacial score (nSPS) is 18.6. The molecule has 1 aromatic rings. The monoisotopic (exact) mass is 192 g/mol. The fourth-order valence-corrected chi connectivity index (χ4v) is 2.37. The third-order valence-electron chi connectivity index (χ3n) is 3.15. The zero-order valence-electron chi connectivity index (χ0n) is 9.00. The number of nitrogens with zero attached hydrogens (tertiary/aromatic N) is 1. The topological polar surface area (TPSA) is 17.0 Å². The van der Waals surface area contributed by atoms with Crippen LogP contribution in [-0.4, -0.2) is 11.6 Å². The quantitative estimate of drug-likeness (QED) is 0.779. The average molecular weight is 192 g/mol. The van der Waals surface area contributed by atoms with Gasteiger partial charge in [0.15, 0.2) is 0 Å². The molecule has 0 spiro atoms. The highest BCUT2D eigenvalue weighted by atomic mass is 15.0. The molecule has 2 nitrogen and oxygen atoms in total. The van der Waals surface area contributed by atoms with Crippen molar-refractivity contribution in [3.8, 4) is 0 Å². The van der Waals surface area contributed by atoms with Crippen LogP contribution in [-0.2, 0) is 6.54 Å². The predicted octanol–water partition coefficient (Wildman–Crippen LogP) is 2.71. The molecule has 14 heavy (non-hydrogen) atoms. The van der Waals surface area contributed by atoms with Crippen LogP contribution in [0.2, 0.25) is 0 Å². The lowest BCUT2D eigenvalue weighted by atomic mass is 9.95. The molecule has 0 radical (unpaired) electrons. The van der Waals surface area contributed by atoms with Crippen molar-refractivity contribution < 1.29 is 0 Å². The summed E-state index contributed by atoms with van der Waals surface area (Å²) in [5.41, 5.74) is 1.40. The van der Waals surface area contributed by atoms with Gasteiger partial charge in [0.2, 0.25) is 0 Å². The minimum atomic E-state index is 0.773. The molecule has 0 saturated heterocycles. The molecule has 78 valence electrons. The van der Waals surface area contributed by atoms with E-state index in [9.17, 15) is 0 Å². The van der Waals surface area contributed by atoms with Crippen molar-refractivity contribution in [2.24, 2.45) is 0 Å².